The normalized spacial score (nSPS) is 20.5. The minimum atomic E-state index is -4.46. The zero-order chi connectivity index (χ0) is 13.3. The van der Waals surface area contributed by atoms with Crippen molar-refractivity contribution in [2.45, 2.75) is 25.3 Å². The minimum absolute atomic E-state index is 0.0660. The van der Waals surface area contributed by atoms with Crippen LogP contribution in [0.1, 0.15) is 17.5 Å². The highest BCUT2D eigenvalue weighted by Crippen LogP contribution is 2.38. The third-order valence-corrected chi connectivity index (χ3v) is 3.05. The van der Waals surface area contributed by atoms with Crippen LogP contribution in [0.4, 0.5) is 18.9 Å². The Morgan fingerprint density at radius 1 is 1.33 bits per heavy atom. The number of halogens is 3. The van der Waals surface area contributed by atoms with Gasteiger partial charge >= 0.3 is 6.18 Å². The average Bonchev–Trinajstić information content (AvgIpc) is 2.74. The Kier molecular flexibility index (Phi) is 3.49. The van der Waals surface area contributed by atoms with E-state index >= 15 is 0 Å². The van der Waals surface area contributed by atoms with Crippen LogP contribution < -0.4 is 4.90 Å². The standard InChI is InChI=1S/C12H14F3NO2/c13-12(14,15)10-5-8(7-17)1-2-11(10)16-4-3-9(18)6-16/h1-2,5,9,17-18H,3-4,6-7H2. The van der Waals surface area contributed by atoms with Gasteiger partial charge in [-0.05, 0) is 24.1 Å². The first-order chi connectivity index (χ1) is 8.41. The molecule has 0 bridgehead atoms. The average molecular weight is 261 g/mol. The van der Waals surface area contributed by atoms with Crippen LogP contribution in [0, 0.1) is 0 Å². The molecule has 1 aromatic carbocycles. The van der Waals surface area contributed by atoms with Crippen molar-refractivity contribution in [2.24, 2.45) is 0 Å². The maximum atomic E-state index is 12.9. The Morgan fingerprint density at radius 2 is 2.06 bits per heavy atom. The highest BCUT2D eigenvalue weighted by atomic mass is 19.4. The minimum Gasteiger partial charge on any atom is -0.392 e. The molecule has 1 aliphatic rings. The van der Waals surface area contributed by atoms with Gasteiger partial charge < -0.3 is 15.1 Å². The molecule has 1 aliphatic heterocycles. The molecule has 0 aliphatic carbocycles. The molecule has 0 amide bonds. The molecule has 1 unspecified atom stereocenters. The molecule has 1 fully saturated rings. The topological polar surface area (TPSA) is 43.7 Å². The van der Waals surface area contributed by atoms with Gasteiger partial charge in [0, 0.05) is 18.8 Å². The summed E-state index contributed by atoms with van der Waals surface area (Å²) in [6.07, 6.45) is -4.57. The van der Waals surface area contributed by atoms with Crippen LogP contribution in [-0.4, -0.2) is 29.4 Å². The van der Waals surface area contributed by atoms with Gasteiger partial charge in [0.2, 0.25) is 0 Å². The van der Waals surface area contributed by atoms with E-state index in [9.17, 15) is 18.3 Å². The number of hydrogen-bond acceptors (Lipinski definition) is 3. The molecule has 1 aromatic rings. The number of anilines is 1. The van der Waals surface area contributed by atoms with Crippen molar-refractivity contribution in [1.29, 1.82) is 0 Å². The van der Waals surface area contributed by atoms with E-state index in [0.717, 1.165) is 6.07 Å². The molecule has 0 spiro atoms. The second kappa shape index (κ2) is 4.78. The first-order valence-electron chi connectivity index (χ1n) is 5.66. The summed E-state index contributed by atoms with van der Waals surface area (Å²) in [6, 6.07) is 3.78. The monoisotopic (exact) mass is 261 g/mol. The lowest BCUT2D eigenvalue weighted by Gasteiger charge is -2.23. The van der Waals surface area contributed by atoms with Gasteiger partial charge in [0.05, 0.1) is 18.3 Å². The van der Waals surface area contributed by atoms with Crippen molar-refractivity contribution in [3.8, 4) is 0 Å². The summed E-state index contributed by atoms with van der Waals surface area (Å²) in [5, 5.41) is 18.3. The van der Waals surface area contributed by atoms with E-state index in [0.29, 0.717) is 13.0 Å². The molecule has 6 heteroatoms. The molecule has 18 heavy (non-hydrogen) atoms. The summed E-state index contributed by atoms with van der Waals surface area (Å²) in [5.74, 6) is 0. The van der Waals surface area contributed by atoms with E-state index in [1.165, 1.54) is 17.0 Å². The molecular formula is C12H14F3NO2. The summed E-state index contributed by atoms with van der Waals surface area (Å²) in [6.45, 7) is 0.191. The Bertz CT molecular complexity index is 434. The van der Waals surface area contributed by atoms with Gasteiger partial charge in [-0.1, -0.05) is 6.07 Å². The Morgan fingerprint density at radius 3 is 2.56 bits per heavy atom. The molecule has 1 atom stereocenters. The number of β-amino-alcohol motifs (C(OH)–C–C–N with tert-alkyl or cyclic N) is 1. The number of aliphatic hydroxyl groups is 2. The molecule has 0 radical (unpaired) electrons. The largest absolute Gasteiger partial charge is 0.418 e. The van der Waals surface area contributed by atoms with Crippen molar-refractivity contribution in [2.75, 3.05) is 18.0 Å². The van der Waals surface area contributed by atoms with Crippen LogP contribution in [0.15, 0.2) is 18.2 Å². The first kappa shape index (κ1) is 13.2. The molecule has 0 aromatic heterocycles. The maximum absolute atomic E-state index is 12.9. The van der Waals surface area contributed by atoms with Crippen LogP contribution in [-0.2, 0) is 12.8 Å². The van der Waals surface area contributed by atoms with Gasteiger partial charge in [0.25, 0.3) is 0 Å². The summed E-state index contributed by atoms with van der Waals surface area (Å²) in [7, 11) is 0. The maximum Gasteiger partial charge on any atom is 0.418 e. The van der Waals surface area contributed by atoms with Crippen LogP contribution in [0.5, 0.6) is 0 Å². The van der Waals surface area contributed by atoms with E-state index in [1.54, 1.807) is 0 Å². The Balaban J connectivity index is 2.40. The SMILES string of the molecule is OCc1ccc(N2CCC(O)C2)c(C(F)(F)F)c1. The fourth-order valence-corrected chi connectivity index (χ4v) is 2.14. The number of rotatable bonds is 2. The number of benzene rings is 1. The quantitative estimate of drug-likeness (QED) is 0.852. The fraction of sp³-hybridized carbons (Fsp3) is 0.500. The lowest BCUT2D eigenvalue weighted by Crippen LogP contribution is -2.24. The van der Waals surface area contributed by atoms with Gasteiger partial charge in [-0.25, -0.2) is 0 Å². The smallest absolute Gasteiger partial charge is 0.392 e. The number of aliphatic hydroxyl groups excluding tert-OH is 2. The number of alkyl halides is 3. The van der Waals surface area contributed by atoms with E-state index < -0.39 is 24.5 Å². The highest BCUT2D eigenvalue weighted by molar-refractivity contribution is 5.57. The first-order valence-corrected chi connectivity index (χ1v) is 5.66. The Hall–Kier alpha value is -1.27. The summed E-state index contributed by atoms with van der Waals surface area (Å²) in [5.41, 5.74) is -0.467. The van der Waals surface area contributed by atoms with E-state index in [4.69, 9.17) is 5.11 Å². The van der Waals surface area contributed by atoms with E-state index in [2.05, 4.69) is 0 Å². The zero-order valence-electron chi connectivity index (χ0n) is 9.61. The molecular weight excluding hydrogens is 247 g/mol. The van der Waals surface area contributed by atoms with Crippen molar-refractivity contribution >= 4 is 5.69 Å². The summed E-state index contributed by atoms with van der Waals surface area (Å²) in [4.78, 5) is 1.52. The van der Waals surface area contributed by atoms with Crippen LogP contribution in [0.3, 0.4) is 0 Å². The molecule has 100 valence electrons. The van der Waals surface area contributed by atoms with E-state index in [-0.39, 0.29) is 17.8 Å². The van der Waals surface area contributed by atoms with Gasteiger partial charge in [-0.15, -0.1) is 0 Å². The molecule has 0 saturated carbocycles. The summed E-state index contributed by atoms with van der Waals surface area (Å²) >= 11 is 0. The van der Waals surface area contributed by atoms with Crippen LogP contribution >= 0.6 is 0 Å². The lowest BCUT2D eigenvalue weighted by atomic mass is 10.1. The Labute approximate surface area is 102 Å². The predicted molar refractivity (Wildman–Crippen MR) is 60.2 cm³/mol. The van der Waals surface area contributed by atoms with Crippen LogP contribution in [0.25, 0.3) is 0 Å². The van der Waals surface area contributed by atoms with Crippen LogP contribution in [0.2, 0.25) is 0 Å². The van der Waals surface area contributed by atoms with Crippen molar-refractivity contribution in [1.82, 2.24) is 0 Å². The van der Waals surface area contributed by atoms with E-state index in [1.807, 2.05) is 0 Å². The zero-order valence-corrected chi connectivity index (χ0v) is 9.61. The second-order valence-corrected chi connectivity index (χ2v) is 4.40. The van der Waals surface area contributed by atoms with Crippen molar-refractivity contribution in [3.05, 3.63) is 29.3 Å². The third kappa shape index (κ3) is 2.59. The van der Waals surface area contributed by atoms with Gasteiger partial charge in [0.1, 0.15) is 0 Å². The van der Waals surface area contributed by atoms with Crippen molar-refractivity contribution < 1.29 is 23.4 Å². The van der Waals surface area contributed by atoms with Crippen molar-refractivity contribution in [3.63, 3.8) is 0 Å². The predicted octanol–water partition coefficient (Wildman–Crippen LogP) is 1.77. The molecule has 2 N–H and O–H groups in total. The number of nitrogens with zero attached hydrogens (tertiary/aromatic N) is 1. The molecule has 1 saturated heterocycles. The fourth-order valence-electron chi connectivity index (χ4n) is 2.14. The van der Waals surface area contributed by atoms with Gasteiger partial charge in [0.15, 0.2) is 0 Å². The molecule has 2 rings (SSSR count). The molecule has 3 nitrogen and oxygen atoms in total. The lowest BCUT2D eigenvalue weighted by molar-refractivity contribution is -0.137. The number of hydrogen-bond donors (Lipinski definition) is 2. The van der Waals surface area contributed by atoms with Gasteiger partial charge in [-0.2, -0.15) is 13.2 Å². The highest BCUT2D eigenvalue weighted by Gasteiger charge is 2.36. The summed E-state index contributed by atoms with van der Waals surface area (Å²) < 4.78 is 38.8. The third-order valence-electron chi connectivity index (χ3n) is 3.05. The van der Waals surface area contributed by atoms with Gasteiger partial charge in [-0.3, -0.25) is 0 Å². The molecule has 1 heterocycles. The second-order valence-electron chi connectivity index (χ2n) is 4.40.